The molecule has 2 aliphatic carbocycles. The summed E-state index contributed by atoms with van der Waals surface area (Å²) in [4.78, 5) is 21.9. The number of amides is 1. The number of rotatable bonds is 6. The monoisotopic (exact) mass is 445 g/mol. The smallest absolute Gasteiger partial charge is 0.276 e. The molecule has 4 rings (SSSR count). The molecule has 1 aromatic rings. The Kier molecular flexibility index (Phi) is 7.71. The van der Waals surface area contributed by atoms with Crippen LogP contribution < -0.4 is 15.5 Å². The molecule has 1 saturated heterocycles. The minimum atomic E-state index is -0.853. The van der Waals surface area contributed by atoms with Gasteiger partial charge in [-0.2, -0.15) is 0 Å². The number of ether oxygens (including phenoxy) is 1. The van der Waals surface area contributed by atoms with E-state index in [1.165, 1.54) is 31.6 Å². The van der Waals surface area contributed by atoms with Gasteiger partial charge in [-0.3, -0.25) is 4.79 Å². The summed E-state index contributed by atoms with van der Waals surface area (Å²) >= 11 is 12.3. The molecule has 9 heteroatoms. The summed E-state index contributed by atoms with van der Waals surface area (Å²) in [5.41, 5.74) is 2.33. The lowest BCUT2D eigenvalue weighted by Gasteiger charge is -2.30. The molecule has 0 aromatic heterocycles. The second-order valence-electron chi connectivity index (χ2n) is 7.89. The van der Waals surface area contributed by atoms with Crippen LogP contribution in [-0.4, -0.2) is 29.9 Å². The van der Waals surface area contributed by atoms with Gasteiger partial charge in [-0.25, -0.2) is 9.82 Å². The molecule has 1 aromatic carbocycles. The highest BCUT2D eigenvalue weighted by molar-refractivity contribution is 6.48. The van der Waals surface area contributed by atoms with Gasteiger partial charge in [0.05, 0.1) is 17.5 Å². The molecular weight excluding hydrogens is 420 g/mol. The minimum absolute atomic E-state index is 0.194. The molecule has 0 radical (unpaired) electrons. The van der Waals surface area contributed by atoms with Crippen molar-refractivity contribution >= 4 is 29.1 Å². The summed E-state index contributed by atoms with van der Waals surface area (Å²) in [5, 5.41) is 5.42. The molecule has 29 heavy (non-hydrogen) atoms. The summed E-state index contributed by atoms with van der Waals surface area (Å²) in [6, 6.07) is 2.69. The number of nitroso groups, excluding NO2 is 1. The molecule has 2 N–H and O–H groups in total. The van der Waals surface area contributed by atoms with Gasteiger partial charge in [0.2, 0.25) is 0 Å². The number of carbonyl (C=O) groups is 1. The minimum Gasteiger partial charge on any atom is -0.493 e. The Balaban J connectivity index is 0.000000536. The predicted octanol–water partition coefficient (Wildman–Crippen LogP) is 4.84. The van der Waals surface area contributed by atoms with Gasteiger partial charge in [0, 0.05) is 6.07 Å². The van der Waals surface area contributed by atoms with Crippen molar-refractivity contribution < 1.29 is 13.9 Å². The van der Waals surface area contributed by atoms with E-state index in [2.05, 4.69) is 10.6 Å². The zero-order valence-electron chi connectivity index (χ0n) is 16.2. The number of nitrogens with one attached hydrogen (secondary N) is 2. The largest absolute Gasteiger partial charge is 0.493 e. The number of halogens is 3. The van der Waals surface area contributed by atoms with Crippen molar-refractivity contribution in [1.82, 2.24) is 10.7 Å². The maximum atomic E-state index is 14.2. The molecule has 0 spiro atoms. The van der Waals surface area contributed by atoms with E-state index < -0.39 is 16.1 Å². The Bertz CT molecular complexity index is 726. The predicted molar refractivity (Wildman–Crippen MR) is 111 cm³/mol. The highest BCUT2D eigenvalue weighted by Crippen LogP contribution is 2.46. The summed E-state index contributed by atoms with van der Waals surface area (Å²) in [6.07, 6.45) is 6.48. The number of nitrogens with zero attached hydrogens (tertiary/aromatic N) is 1. The van der Waals surface area contributed by atoms with E-state index >= 15 is 0 Å². The van der Waals surface area contributed by atoms with Gasteiger partial charge < -0.3 is 10.1 Å². The fourth-order valence-corrected chi connectivity index (χ4v) is 3.77. The molecule has 3 fully saturated rings. The maximum absolute atomic E-state index is 14.2. The third-order valence-electron chi connectivity index (χ3n) is 5.53. The van der Waals surface area contributed by atoms with Crippen molar-refractivity contribution in [3.05, 3.63) is 34.0 Å². The van der Waals surface area contributed by atoms with Gasteiger partial charge >= 0.3 is 0 Å². The quantitative estimate of drug-likeness (QED) is 0.373. The molecule has 1 amide bonds. The summed E-state index contributed by atoms with van der Waals surface area (Å²) < 4.78 is 19.5. The van der Waals surface area contributed by atoms with Gasteiger partial charge in [-0.1, -0.05) is 0 Å². The first-order chi connectivity index (χ1) is 13.9. The zero-order chi connectivity index (χ0) is 20.9. The lowest BCUT2D eigenvalue weighted by atomic mass is 9.89. The first-order valence-electron chi connectivity index (χ1n) is 10.1. The SMILES string of the molecule is C1CNC1.O=NNC(=O)c1cc(C2CC2)c(OCC2CCC(Cl)(Cl)CC2)cc1F. The average Bonchev–Trinajstić information content (AvgIpc) is 3.44. The molecule has 0 bridgehead atoms. The van der Waals surface area contributed by atoms with E-state index in [4.69, 9.17) is 27.9 Å². The van der Waals surface area contributed by atoms with Crippen LogP contribution >= 0.6 is 23.2 Å². The van der Waals surface area contributed by atoms with Crippen LogP contribution in [0.3, 0.4) is 0 Å². The molecule has 3 aliphatic rings. The summed E-state index contributed by atoms with van der Waals surface area (Å²) in [5.74, 6) is -0.540. The molecular formula is C20H26Cl2FN3O3. The fraction of sp³-hybridized carbons (Fsp3) is 0.650. The lowest BCUT2D eigenvalue weighted by molar-refractivity contribution is 0.0950. The molecule has 2 saturated carbocycles. The molecule has 1 heterocycles. The van der Waals surface area contributed by atoms with Crippen LogP contribution in [0.1, 0.15) is 66.8 Å². The van der Waals surface area contributed by atoms with Crippen LogP contribution in [-0.2, 0) is 0 Å². The van der Waals surface area contributed by atoms with Gasteiger partial charge in [0.1, 0.15) is 15.9 Å². The van der Waals surface area contributed by atoms with E-state index in [1.54, 1.807) is 5.43 Å². The van der Waals surface area contributed by atoms with Gasteiger partial charge in [-0.15, -0.1) is 28.1 Å². The second-order valence-corrected chi connectivity index (χ2v) is 9.53. The number of hydrogen-bond donors (Lipinski definition) is 2. The fourth-order valence-electron chi connectivity index (χ4n) is 3.34. The van der Waals surface area contributed by atoms with E-state index in [0.717, 1.165) is 31.2 Å². The van der Waals surface area contributed by atoms with Crippen LogP contribution in [0.15, 0.2) is 17.4 Å². The Morgan fingerprint density at radius 3 is 2.38 bits per heavy atom. The number of benzene rings is 1. The van der Waals surface area contributed by atoms with E-state index in [1.807, 2.05) is 0 Å². The van der Waals surface area contributed by atoms with Crippen molar-refractivity contribution in [2.75, 3.05) is 19.7 Å². The van der Waals surface area contributed by atoms with Crippen LogP contribution in [0, 0.1) is 16.6 Å². The van der Waals surface area contributed by atoms with Crippen LogP contribution in [0.25, 0.3) is 0 Å². The summed E-state index contributed by atoms with van der Waals surface area (Å²) in [6.45, 7) is 2.96. The topological polar surface area (TPSA) is 79.8 Å². The molecule has 0 unspecified atom stereocenters. The molecule has 1 aliphatic heterocycles. The maximum Gasteiger partial charge on any atom is 0.276 e. The Hall–Kier alpha value is -1.44. The Morgan fingerprint density at radius 2 is 1.86 bits per heavy atom. The first kappa shape index (κ1) is 22.2. The average molecular weight is 446 g/mol. The highest BCUT2D eigenvalue weighted by Gasteiger charge is 2.33. The zero-order valence-corrected chi connectivity index (χ0v) is 17.7. The third-order valence-corrected chi connectivity index (χ3v) is 6.28. The van der Waals surface area contributed by atoms with Crippen molar-refractivity contribution in [3.63, 3.8) is 0 Å². The van der Waals surface area contributed by atoms with Gasteiger partial charge in [-0.05, 0) is 81.5 Å². The highest BCUT2D eigenvalue weighted by atomic mass is 35.5. The number of carbonyl (C=O) groups excluding carboxylic acids is 1. The van der Waals surface area contributed by atoms with Crippen molar-refractivity contribution in [1.29, 1.82) is 0 Å². The van der Waals surface area contributed by atoms with Crippen LogP contribution in [0.5, 0.6) is 5.75 Å². The van der Waals surface area contributed by atoms with Crippen LogP contribution in [0.4, 0.5) is 4.39 Å². The van der Waals surface area contributed by atoms with Gasteiger partial charge in [0.15, 0.2) is 0 Å². The van der Waals surface area contributed by atoms with Crippen LogP contribution in [0.2, 0.25) is 0 Å². The summed E-state index contributed by atoms with van der Waals surface area (Å²) in [7, 11) is 0. The Labute approximate surface area is 179 Å². The van der Waals surface area contributed by atoms with Crippen molar-refractivity contribution in [2.45, 2.75) is 55.2 Å². The third kappa shape index (κ3) is 6.52. The van der Waals surface area contributed by atoms with E-state index in [0.29, 0.717) is 31.1 Å². The van der Waals surface area contributed by atoms with E-state index in [9.17, 15) is 14.1 Å². The van der Waals surface area contributed by atoms with Crippen molar-refractivity contribution in [3.8, 4) is 5.75 Å². The van der Waals surface area contributed by atoms with E-state index in [-0.39, 0.29) is 11.5 Å². The molecule has 0 atom stereocenters. The Morgan fingerprint density at radius 1 is 1.24 bits per heavy atom. The normalized spacial score (nSPS) is 20.7. The molecule has 6 nitrogen and oxygen atoms in total. The lowest BCUT2D eigenvalue weighted by Crippen LogP contribution is -2.29. The standard InChI is InChI=1S/C17H19Cl2FN2O3.C3H7N/c18-17(19)5-3-10(4-6-17)9-25-15-8-14(20)13(16(23)21-22-24)7-12(15)11-1-2-11;1-2-4-3-1/h7-8,10-11H,1-6,9H2,(H,21,23,24);4H,1-3H2. The van der Waals surface area contributed by atoms with Crippen molar-refractivity contribution in [2.24, 2.45) is 11.2 Å². The number of alkyl halides is 2. The second kappa shape index (κ2) is 10.0. The van der Waals surface area contributed by atoms with Gasteiger partial charge in [0.25, 0.3) is 5.91 Å². The number of hydrogen-bond acceptors (Lipinski definition) is 5. The first-order valence-corrected chi connectivity index (χ1v) is 10.8. The molecule has 160 valence electrons.